The van der Waals surface area contributed by atoms with Crippen LogP contribution in [0.5, 0.6) is 0 Å². The summed E-state index contributed by atoms with van der Waals surface area (Å²) in [5, 5.41) is 9.43. The van der Waals surface area contributed by atoms with Crippen LogP contribution < -0.4 is 4.90 Å². The number of nitrogens with zero attached hydrogens (tertiary/aromatic N) is 1. The number of aliphatic hydroxyl groups is 1. The van der Waals surface area contributed by atoms with Crippen LogP contribution >= 0.6 is 0 Å². The van der Waals surface area contributed by atoms with Gasteiger partial charge in [-0.25, -0.2) is 4.39 Å². The molecule has 0 heterocycles. The van der Waals surface area contributed by atoms with Crippen molar-refractivity contribution in [2.24, 2.45) is 0 Å². The average Bonchev–Trinajstić information content (AvgIpc) is 2.30. The smallest absolute Gasteiger partial charge is 0.146 e. The van der Waals surface area contributed by atoms with E-state index < -0.39 is 6.10 Å². The van der Waals surface area contributed by atoms with Crippen molar-refractivity contribution in [2.45, 2.75) is 32.9 Å². The molecule has 0 saturated carbocycles. The zero-order valence-corrected chi connectivity index (χ0v) is 11.5. The zero-order chi connectivity index (χ0) is 13.7. The standard InChI is InChI=1S/C14H22FNO2/c1-10(2)16(7-8-18-4)14-6-5-12(11(3)17)9-13(14)15/h5-6,9-11,17H,7-8H2,1-4H3/t11-/m1/s1. The highest BCUT2D eigenvalue weighted by atomic mass is 19.1. The Morgan fingerprint density at radius 3 is 2.44 bits per heavy atom. The number of aliphatic hydroxyl groups excluding tert-OH is 1. The fourth-order valence-electron chi connectivity index (χ4n) is 1.86. The van der Waals surface area contributed by atoms with Crippen LogP contribution in [-0.2, 0) is 4.74 Å². The Labute approximate surface area is 108 Å². The van der Waals surface area contributed by atoms with Crippen molar-refractivity contribution in [2.75, 3.05) is 25.2 Å². The normalized spacial score (nSPS) is 12.8. The lowest BCUT2D eigenvalue weighted by molar-refractivity contribution is 0.198. The summed E-state index contributed by atoms with van der Waals surface area (Å²) >= 11 is 0. The summed E-state index contributed by atoms with van der Waals surface area (Å²) in [6.07, 6.45) is -0.653. The van der Waals surface area contributed by atoms with Crippen molar-refractivity contribution in [3.63, 3.8) is 0 Å². The van der Waals surface area contributed by atoms with Crippen LogP contribution in [0, 0.1) is 5.82 Å². The third kappa shape index (κ3) is 3.68. The van der Waals surface area contributed by atoms with Crippen LogP contribution in [0.25, 0.3) is 0 Å². The summed E-state index contributed by atoms with van der Waals surface area (Å²) < 4.78 is 19.1. The van der Waals surface area contributed by atoms with E-state index in [1.54, 1.807) is 26.2 Å². The SMILES string of the molecule is COCCN(c1ccc([C@@H](C)O)cc1F)C(C)C. The van der Waals surface area contributed by atoms with E-state index >= 15 is 0 Å². The molecule has 1 aromatic rings. The van der Waals surface area contributed by atoms with Crippen molar-refractivity contribution < 1.29 is 14.2 Å². The average molecular weight is 255 g/mol. The fourth-order valence-corrected chi connectivity index (χ4v) is 1.86. The van der Waals surface area contributed by atoms with Gasteiger partial charge in [-0.15, -0.1) is 0 Å². The molecule has 0 spiro atoms. The summed E-state index contributed by atoms with van der Waals surface area (Å²) in [4.78, 5) is 1.95. The fraction of sp³-hybridized carbons (Fsp3) is 0.571. The van der Waals surface area contributed by atoms with Gasteiger partial charge < -0.3 is 14.7 Å². The highest BCUT2D eigenvalue weighted by molar-refractivity contribution is 5.50. The number of anilines is 1. The Morgan fingerprint density at radius 2 is 2.00 bits per heavy atom. The summed E-state index contributed by atoms with van der Waals surface area (Å²) in [6.45, 7) is 6.84. The zero-order valence-electron chi connectivity index (χ0n) is 11.5. The molecule has 0 bridgehead atoms. The van der Waals surface area contributed by atoms with E-state index in [1.165, 1.54) is 6.07 Å². The third-order valence-corrected chi connectivity index (χ3v) is 2.92. The maximum atomic E-state index is 14.1. The van der Waals surface area contributed by atoms with Crippen LogP contribution in [0.1, 0.15) is 32.4 Å². The maximum absolute atomic E-state index is 14.1. The first-order valence-electron chi connectivity index (χ1n) is 6.20. The number of hydrogen-bond donors (Lipinski definition) is 1. The Hall–Kier alpha value is -1.13. The molecule has 0 aliphatic rings. The molecule has 1 atom stereocenters. The number of ether oxygens (including phenoxy) is 1. The van der Waals surface area contributed by atoms with Crippen molar-refractivity contribution >= 4 is 5.69 Å². The second kappa shape index (κ2) is 6.71. The summed E-state index contributed by atoms with van der Waals surface area (Å²) in [7, 11) is 1.63. The third-order valence-electron chi connectivity index (χ3n) is 2.92. The van der Waals surface area contributed by atoms with Crippen LogP contribution in [0.15, 0.2) is 18.2 Å². The second-order valence-corrected chi connectivity index (χ2v) is 4.67. The largest absolute Gasteiger partial charge is 0.389 e. The molecule has 0 aliphatic carbocycles. The molecule has 4 heteroatoms. The van der Waals surface area contributed by atoms with Crippen LogP contribution in [0.2, 0.25) is 0 Å². The van der Waals surface area contributed by atoms with Gasteiger partial charge in [0, 0.05) is 19.7 Å². The van der Waals surface area contributed by atoms with Gasteiger partial charge in [-0.1, -0.05) is 6.07 Å². The highest BCUT2D eigenvalue weighted by Gasteiger charge is 2.15. The second-order valence-electron chi connectivity index (χ2n) is 4.67. The molecule has 0 fully saturated rings. The van der Waals surface area contributed by atoms with Crippen molar-refractivity contribution in [1.29, 1.82) is 0 Å². The first-order chi connectivity index (χ1) is 8.47. The van der Waals surface area contributed by atoms with Gasteiger partial charge in [-0.2, -0.15) is 0 Å². The number of halogens is 1. The molecule has 18 heavy (non-hydrogen) atoms. The molecule has 0 radical (unpaired) electrons. The van der Waals surface area contributed by atoms with E-state index in [0.717, 1.165) is 0 Å². The monoisotopic (exact) mass is 255 g/mol. The molecule has 0 aliphatic heterocycles. The lowest BCUT2D eigenvalue weighted by Crippen LogP contribution is -2.34. The highest BCUT2D eigenvalue weighted by Crippen LogP contribution is 2.24. The summed E-state index contributed by atoms with van der Waals surface area (Å²) in [5.41, 5.74) is 1.14. The Kier molecular flexibility index (Phi) is 5.56. The quantitative estimate of drug-likeness (QED) is 0.848. The van der Waals surface area contributed by atoms with Crippen LogP contribution in [0.4, 0.5) is 10.1 Å². The van der Waals surface area contributed by atoms with Gasteiger partial charge in [0.2, 0.25) is 0 Å². The molecule has 1 rings (SSSR count). The Bertz CT molecular complexity index is 380. The van der Waals surface area contributed by atoms with Gasteiger partial charge in [0.05, 0.1) is 18.4 Å². The molecule has 3 nitrogen and oxygen atoms in total. The first-order valence-corrected chi connectivity index (χ1v) is 6.20. The molecule has 1 aromatic carbocycles. The summed E-state index contributed by atoms with van der Waals surface area (Å²) in [5.74, 6) is -0.307. The van der Waals surface area contributed by atoms with E-state index in [2.05, 4.69) is 0 Å². The van der Waals surface area contributed by atoms with E-state index in [9.17, 15) is 9.50 Å². The lowest BCUT2D eigenvalue weighted by Gasteiger charge is -2.29. The van der Waals surface area contributed by atoms with E-state index in [0.29, 0.717) is 24.4 Å². The minimum absolute atomic E-state index is 0.187. The number of rotatable bonds is 6. The van der Waals surface area contributed by atoms with Gasteiger partial charge in [0.15, 0.2) is 0 Å². The van der Waals surface area contributed by atoms with Crippen molar-refractivity contribution in [3.8, 4) is 0 Å². The molecular weight excluding hydrogens is 233 g/mol. The van der Waals surface area contributed by atoms with Gasteiger partial charge in [0.25, 0.3) is 0 Å². The van der Waals surface area contributed by atoms with Crippen molar-refractivity contribution in [1.82, 2.24) is 0 Å². The minimum Gasteiger partial charge on any atom is -0.389 e. The summed E-state index contributed by atoms with van der Waals surface area (Å²) in [6, 6.07) is 5.05. The first kappa shape index (κ1) is 14.9. The van der Waals surface area contributed by atoms with Gasteiger partial charge in [-0.05, 0) is 38.5 Å². The Morgan fingerprint density at radius 1 is 1.33 bits per heavy atom. The number of hydrogen-bond acceptors (Lipinski definition) is 3. The molecule has 0 aromatic heterocycles. The van der Waals surface area contributed by atoms with Gasteiger partial charge >= 0.3 is 0 Å². The van der Waals surface area contributed by atoms with E-state index in [1.807, 2.05) is 18.7 Å². The molecule has 102 valence electrons. The van der Waals surface area contributed by atoms with E-state index in [4.69, 9.17) is 4.74 Å². The lowest BCUT2D eigenvalue weighted by atomic mass is 10.1. The maximum Gasteiger partial charge on any atom is 0.146 e. The van der Waals surface area contributed by atoms with E-state index in [-0.39, 0.29) is 11.9 Å². The predicted octanol–water partition coefficient (Wildman–Crippen LogP) is 2.74. The molecule has 0 amide bonds. The molecular formula is C14H22FNO2. The van der Waals surface area contributed by atoms with Gasteiger partial charge in [-0.3, -0.25) is 0 Å². The van der Waals surface area contributed by atoms with Crippen molar-refractivity contribution in [3.05, 3.63) is 29.6 Å². The molecule has 0 saturated heterocycles. The molecule has 0 unspecified atom stereocenters. The topological polar surface area (TPSA) is 32.7 Å². The van der Waals surface area contributed by atoms with Crippen LogP contribution in [0.3, 0.4) is 0 Å². The number of methoxy groups -OCH3 is 1. The Balaban J connectivity index is 2.98. The van der Waals surface area contributed by atoms with Crippen LogP contribution in [-0.4, -0.2) is 31.4 Å². The predicted molar refractivity (Wildman–Crippen MR) is 71.4 cm³/mol. The minimum atomic E-state index is -0.653. The number of benzene rings is 1. The molecule has 1 N–H and O–H groups in total. The van der Waals surface area contributed by atoms with Gasteiger partial charge in [0.1, 0.15) is 5.82 Å².